The summed E-state index contributed by atoms with van der Waals surface area (Å²) in [5, 5.41) is 9.35. The van der Waals surface area contributed by atoms with Gasteiger partial charge in [-0.2, -0.15) is 0 Å². The lowest BCUT2D eigenvalue weighted by Crippen LogP contribution is -2.40. The van der Waals surface area contributed by atoms with E-state index < -0.39 is 17.8 Å². The van der Waals surface area contributed by atoms with Crippen LogP contribution in [0.2, 0.25) is 0 Å². The van der Waals surface area contributed by atoms with Crippen molar-refractivity contribution in [1.29, 1.82) is 0 Å². The van der Waals surface area contributed by atoms with Crippen LogP contribution in [0.5, 0.6) is 5.75 Å². The fourth-order valence-electron chi connectivity index (χ4n) is 1.70. The molecule has 0 aliphatic carbocycles. The predicted octanol–water partition coefficient (Wildman–Crippen LogP) is 0.489. The quantitative estimate of drug-likeness (QED) is 0.795. The van der Waals surface area contributed by atoms with Crippen molar-refractivity contribution in [2.75, 3.05) is 27.3 Å². The SMILES string of the molecule is COC(=O)CN(CC(=O)OC)C(=O)c1ccc(O)cc1C. The van der Waals surface area contributed by atoms with Gasteiger partial charge in [0, 0.05) is 5.56 Å². The van der Waals surface area contributed by atoms with Gasteiger partial charge in [0.05, 0.1) is 14.2 Å². The molecule has 1 N–H and O–H groups in total. The number of nitrogens with zero attached hydrogens (tertiary/aromatic N) is 1. The van der Waals surface area contributed by atoms with Crippen LogP contribution in [0.4, 0.5) is 0 Å². The van der Waals surface area contributed by atoms with Crippen LogP contribution < -0.4 is 0 Å². The molecule has 0 radical (unpaired) electrons. The molecule has 1 rings (SSSR count). The van der Waals surface area contributed by atoms with Crippen molar-refractivity contribution in [2.45, 2.75) is 6.92 Å². The average molecular weight is 295 g/mol. The Bertz CT molecular complexity index is 536. The summed E-state index contributed by atoms with van der Waals surface area (Å²) in [4.78, 5) is 36.2. The lowest BCUT2D eigenvalue weighted by atomic mass is 10.1. The second-order valence-electron chi connectivity index (χ2n) is 4.31. The normalized spacial score (nSPS) is 9.86. The van der Waals surface area contributed by atoms with E-state index in [-0.39, 0.29) is 24.4 Å². The summed E-state index contributed by atoms with van der Waals surface area (Å²) in [6, 6.07) is 4.20. The molecule has 0 fully saturated rings. The maximum absolute atomic E-state index is 12.4. The number of phenolic OH excluding ortho intramolecular Hbond substituents is 1. The van der Waals surface area contributed by atoms with E-state index in [4.69, 9.17) is 0 Å². The van der Waals surface area contributed by atoms with Crippen LogP contribution in [-0.4, -0.2) is 55.2 Å². The maximum atomic E-state index is 12.4. The summed E-state index contributed by atoms with van der Waals surface area (Å²) < 4.78 is 9.01. The first kappa shape index (κ1) is 16.5. The molecule has 1 amide bonds. The van der Waals surface area contributed by atoms with Crippen molar-refractivity contribution in [3.8, 4) is 5.75 Å². The van der Waals surface area contributed by atoms with E-state index in [9.17, 15) is 19.5 Å². The lowest BCUT2D eigenvalue weighted by molar-refractivity contribution is -0.144. The summed E-state index contributed by atoms with van der Waals surface area (Å²) in [7, 11) is 2.38. The lowest BCUT2D eigenvalue weighted by Gasteiger charge is -2.21. The molecule has 0 heterocycles. The van der Waals surface area contributed by atoms with E-state index in [1.165, 1.54) is 32.4 Å². The van der Waals surface area contributed by atoms with E-state index in [1.807, 2.05) is 0 Å². The molecule has 0 bridgehead atoms. The highest BCUT2D eigenvalue weighted by molar-refractivity contribution is 5.99. The number of amides is 1. The molecule has 1 aromatic carbocycles. The molecule has 0 saturated heterocycles. The van der Waals surface area contributed by atoms with Gasteiger partial charge < -0.3 is 19.5 Å². The molecule has 0 aliphatic heterocycles. The summed E-state index contributed by atoms with van der Waals surface area (Å²) in [5.41, 5.74) is 0.806. The highest BCUT2D eigenvalue weighted by Gasteiger charge is 2.23. The van der Waals surface area contributed by atoms with E-state index in [0.717, 1.165) is 4.90 Å². The van der Waals surface area contributed by atoms with Crippen molar-refractivity contribution in [3.05, 3.63) is 29.3 Å². The van der Waals surface area contributed by atoms with E-state index >= 15 is 0 Å². The molecule has 0 aromatic heterocycles. The van der Waals surface area contributed by atoms with Gasteiger partial charge in [-0.3, -0.25) is 14.4 Å². The van der Waals surface area contributed by atoms with Gasteiger partial charge >= 0.3 is 11.9 Å². The number of aryl methyl sites for hydroxylation is 1. The number of hydrogen-bond donors (Lipinski definition) is 1. The van der Waals surface area contributed by atoms with Crippen LogP contribution in [-0.2, 0) is 19.1 Å². The van der Waals surface area contributed by atoms with E-state index in [0.29, 0.717) is 5.56 Å². The zero-order chi connectivity index (χ0) is 16.0. The monoisotopic (exact) mass is 295 g/mol. The minimum absolute atomic E-state index is 0.0246. The van der Waals surface area contributed by atoms with Gasteiger partial charge in [-0.1, -0.05) is 0 Å². The Balaban J connectivity index is 3.02. The number of phenols is 1. The molecule has 0 atom stereocenters. The van der Waals surface area contributed by atoms with Crippen LogP contribution in [0.3, 0.4) is 0 Å². The standard InChI is InChI=1S/C14H17NO6/c1-9-6-10(16)4-5-11(9)14(19)15(7-12(17)20-2)8-13(18)21-3/h4-6,16H,7-8H2,1-3H3. The number of methoxy groups -OCH3 is 2. The summed E-state index contributed by atoms with van der Waals surface area (Å²) in [5.74, 6) is -1.80. The van der Waals surface area contributed by atoms with Crippen molar-refractivity contribution < 1.29 is 29.0 Å². The second-order valence-corrected chi connectivity index (χ2v) is 4.31. The number of rotatable bonds is 5. The third kappa shape index (κ3) is 4.48. The molecular formula is C14H17NO6. The molecule has 0 aliphatic rings. The van der Waals surface area contributed by atoms with Crippen LogP contribution in [0.15, 0.2) is 18.2 Å². The number of aromatic hydroxyl groups is 1. The van der Waals surface area contributed by atoms with Crippen LogP contribution >= 0.6 is 0 Å². The Morgan fingerprint density at radius 1 is 1.10 bits per heavy atom. The fraction of sp³-hybridized carbons (Fsp3) is 0.357. The molecule has 0 spiro atoms. The third-order valence-electron chi connectivity index (χ3n) is 2.82. The Labute approximate surface area is 122 Å². The van der Waals surface area contributed by atoms with Crippen molar-refractivity contribution in [1.82, 2.24) is 4.90 Å². The largest absolute Gasteiger partial charge is 0.508 e. The maximum Gasteiger partial charge on any atom is 0.325 e. The van der Waals surface area contributed by atoms with Crippen molar-refractivity contribution in [3.63, 3.8) is 0 Å². The van der Waals surface area contributed by atoms with Crippen molar-refractivity contribution >= 4 is 17.8 Å². The highest BCUT2D eigenvalue weighted by Crippen LogP contribution is 2.17. The van der Waals surface area contributed by atoms with Crippen LogP contribution in [0.1, 0.15) is 15.9 Å². The number of ether oxygens (including phenoxy) is 2. The number of benzene rings is 1. The first-order chi connectivity index (χ1) is 9.88. The topological polar surface area (TPSA) is 93.1 Å². The third-order valence-corrected chi connectivity index (χ3v) is 2.82. The highest BCUT2D eigenvalue weighted by atomic mass is 16.5. The Kier molecular flexibility index (Phi) is 5.71. The van der Waals surface area contributed by atoms with Gasteiger partial charge in [0.2, 0.25) is 0 Å². The molecule has 0 saturated carbocycles. The summed E-state index contributed by atoms with van der Waals surface area (Å²) in [6.45, 7) is 0.900. The zero-order valence-electron chi connectivity index (χ0n) is 12.1. The number of hydrogen-bond acceptors (Lipinski definition) is 6. The van der Waals surface area contributed by atoms with Gasteiger partial charge in [0.1, 0.15) is 18.8 Å². The molecule has 7 heteroatoms. The van der Waals surface area contributed by atoms with Gasteiger partial charge in [0.15, 0.2) is 0 Å². The molecule has 7 nitrogen and oxygen atoms in total. The number of esters is 2. The molecule has 0 unspecified atom stereocenters. The molecule has 114 valence electrons. The zero-order valence-corrected chi connectivity index (χ0v) is 12.1. The first-order valence-electron chi connectivity index (χ1n) is 6.11. The van der Waals surface area contributed by atoms with Gasteiger partial charge in [-0.25, -0.2) is 0 Å². The second kappa shape index (κ2) is 7.28. The van der Waals surface area contributed by atoms with Crippen LogP contribution in [0.25, 0.3) is 0 Å². The predicted molar refractivity (Wildman–Crippen MR) is 72.8 cm³/mol. The fourth-order valence-corrected chi connectivity index (χ4v) is 1.70. The van der Waals surface area contributed by atoms with E-state index in [2.05, 4.69) is 9.47 Å². The van der Waals surface area contributed by atoms with Gasteiger partial charge in [0.25, 0.3) is 5.91 Å². The molecule has 21 heavy (non-hydrogen) atoms. The number of carbonyl (C=O) groups excluding carboxylic acids is 3. The minimum Gasteiger partial charge on any atom is -0.508 e. The molecular weight excluding hydrogens is 278 g/mol. The Hall–Kier alpha value is -2.57. The average Bonchev–Trinajstić information content (AvgIpc) is 2.45. The number of carbonyl (C=O) groups is 3. The summed E-state index contributed by atoms with van der Waals surface area (Å²) in [6.07, 6.45) is 0. The van der Waals surface area contributed by atoms with Crippen molar-refractivity contribution in [2.24, 2.45) is 0 Å². The molecule has 1 aromatic rings. The van der Waals surface area contributed by atoms with Gasteiger partial charge in [-0.05, 0) is 30.7 Å². The minimum atomic E-state index is -0.649. The van der Waals surface area contributed by atoms with Crippen LogP contribution in [0, 0.1) is 6.92 Å². The smallest absolute Gasteiger partial charge is 0.325 e. The van der Waals surface area contributed by atoms with Gasteiger partial charge in [-0.15, -0.1) is 0 Å². The van der Waals surface area contributed by atoms with E-state index in [1.54, 1.807) is 6.92 Å². The first-order valence-corrected chi connectivity index (χ1v) is 6.11. The Morgan fingerprint density at radius 2 is 1.62 bits per heavy atom. The summed E-state index contributed by atoms with van der Waals surface area (Å²) >= 11 is 0. The Morgan fingerprint density at radius 3 is 2.05 bits per heavy atom.